The highest BCUT2D eigenvalue weighted by molar-refractivity contribution is 7.09. The highest BCUT2D eigenvalue weighted by Crippen LogP contribution is 2.14. The molecular formula is C18H17N3O4S. The molecule has 0 saturated heterocycles. The molecule has 1 N–H and O–H groups in total. The number of benzene rings is 1. The van der Waals surface area contributed by atoms with E-state index in [0.717, 1.165) is 4.88 Å². The number of thiophene rings is 1. The van der Waals surface area contributed by atoms with Crippen LogP contribution in [0, 0.1) is 0 Å². The normalized spacial score (nSPS) is 10.7. The highest BCUT2D eigenvalue weighted by atomic mass is 32.1. The lowest BCUT2D eigenvalue weighted by molar-refractivity contribution is -0.124. The Balaban J connectivity index is 1.72. The van der Waals surface area contributed by atoms with Crippen LogP contribution in [0.15, 0.2) is 46.6 Å². The molecule has 0 spiro atoms. The predicted molar refractivity (Wildman–Crippen MR) is 98.1 cm³/mol. The zero-order chi connectivity index (χ0) is 18.5. The Labute approximate surface area is 153 Å². The molecule has 0 aliphatic heterocycles. The minimum Gasteiger partial charge on any atom is -0.451 e. The second-order valence-electron chi connectivity index (χ2n) is 5.45. The Bertz CT molecular complexity index is 995. The number of carbonyl (C=O) groups excluding carboxylic acids is 2. The van der Waals surface area contributed by atoms with Gasteiger partial charge in [-0.3, -0.25) is 9.59 Å². The van der Waals surface area contributed by atoms with E-state index in [-0.39, 0.29) is 11.3 Å². The summed E-state index contributed by atoms with van der Waals surface area (Å²) in [7, 11) is 0. The third kappa shape index (κ3) is 3.80. The van der Waals surface area contributed by atoms with Gasteiger partial charge in [-0.1, -0.05) is 24.3 Å². The largest absolute Gasteiger partial charge is 0.451 e. The molecule has 0 atom stereocenters. The van der Waals surface area contributed by atoms with E-state index in [1.165, 1.54) is 16.0 Å². The SMILES string of the molecule is CCn1nc(C(=O)OCC(=O)NCc2cccs2)c2ccccc2c1=O. The molecule has 0 unspecified atom stereocenters. The fraction of sp³-hybridized carbons (Fsp3) is 0.222. The van der Waals surface area contributed by atoms with Crippen molar-refractivity contribution in [2.45, 2.75) is 20.0 Å². The minimum absolute atomic E-state index is 0.0214. The molecule has 134 valence electrons. The molecule has 26 heavy (non-hydrogen) atoms. The standard InChI is InChI=1S/C18H17N3O4S/c1-2-21-17(23)14-8-4-3-7-13(14)16(20-21)18(24)25-11-15(22)19-10-12-6-5-9-26-12/h3-9H,2,10-11H2,1H3,(H,19,22). The average Bonchev–Trinajstić information content (AvgIpc) is 3.18. The Morgan fingerprint density at radius 3 is 2.65 bits per heavy atom. The summed E-state index contributed by atoms with van der Waals surface area (Å²) in [5.74, 6) is -1.14. The van der Waals surface area contributed by atoms with Crippen molar-refractivity contribution >= 4 is 34.0 Å². The lowest BCUT2D eigenvalue weighted by Gasteiger charge is -2.09. The first-order valence-electron chi connectivity index (χ1n) is 8.06. The van der Waals surface area contributed by atoms with Crippen LogP contribution in [-0.2, 0) is 22.6 Å². The predicted octanol–water partition coefficient (Wildman–Crippen LogP) is 1.95. The fourth-order valence-electron chi connectivity index (χ4n) is 2.45. The number of nitrogens with zero attached hydrogens (tertiary/aromatic N) is 2. The maximum absolute atomic E-state index is 12.4. The van der Waals surface area contributed by atoms with Crippen LogP contribution in [0.2, 0.25) is 0 Å². The first-order chi connectivity index (χ1) is 12.6. The summed E-state index contributed by atoms with van der Waals surface area (Å²) in [4.78, 5) is 37.5. The fourth-order valence-corrected chi connectivity index (χ4v) is 3.09. The third-order valence-corrected chi connectivity index (χ3v) is 4.61. The van der Waals surface area contributed by atoms with Crippen LogP contribution in [-0.4, -0.2) is 28.3 Å². The zero-order valence-corrected chi connectivity index (χ0v) is 14.9. The molecule has 2 aromatic heterocycles. The minimum atomic E-state index is -0.741. The van der Waals surface area contributed by atoms with Crippen molar-refractivity contribution in [3.63, 3.8) is 0 Å². The number of carbonyl (C=O) groups is 2. The summed E-state index contributed by atoms with van der Waals surface area (Å²) in [6.45, 7) is 2.06. The summed E-state index contributed by atoms with van der Waals surface area (Å²) < 4.78 is 6.29. The first-order valence-corrected chi connectivity index (χ1v) is 8.94. The number of amides is 1. The van der Waals surface area contributed by atoms with Gasteiger partial charge in [-0.05, 0) is 24.4 Å². The maximum atomic E-state index is 12.4. The van der Waals surface area contributed by atoms with Crippen molar-refractivity contribution in [3.8, 4) is 0 Å². The molecule has 1 amide bonds. The lowest BCUT2D eigenvalue weighted by Crippen LogP contribution is -2.29. The van der Waals surface area contributed by atoms with E-state index < -0.39 is 18.5 Å². The Hall–Kier alpha value is -3.00. The molecular weight excluding hydrogens is 354 g/mol. The van der Waals surface area contributed by atoms with Crippen molar-refractivity contribution in [1.82, 2.24) is 15.1 Å². The van der Waals surface area contributed by atoms with Crippen molar-refractivity contribution in [2.24, 2.45) is 0 Å². The van der Waals surface area contributed by atoms with E-state index in [4.69, 9.17) is 4.74 Å². The van der Waals surface area contributed by atoms with E-state index in [0.29, 0.717) is 23.9 Å². The quantitative estimate of drug-likeness (QED) is 0.669. The van der Waals surface area contributed by atoms with Crippen LogP contribution in [0.4, 0.5) is 0 Å². The van der Waals surface area contributed by atoms with E-state index in [2.05, 4.69) is 10.4 Å². The molecule has 7 nitrogen and oxygen atoms in total. The molecule has 0 radical (unpaired) electrons. The van der Waals surface area contributed by atoms with Crippen LogP contribution in [0.3, 0.4) is 0 Å². The van der Waals surface area contributed by atoms with Crippen molar-refractivity contribution in [2.75, 3.05) is 6.61 Å². The van der Waals surface area contributed by atoms with Crippen LogP contribution < -0.4 is 10.9 Å². The smallest absolute Gasteiger partial charge is 0.359 e. The van der Waals surface area contributed by atoms with Gasteiger partial charge in [0.05, 0.1) is 11.9 Å². The number of rotatable bonds is 6. The average molecular weight is 371 g/mol. The van der Waals surface area contributed by atoms with Gasteiger partial charge in [-0.25, -0.2) is 9.48 Å². The number of aromatic nitrogens is 2. The maximum Gasteiger partial charge on any atom is 0.359 e. The van der Waals surface area contributed by atoms with Crippen molar-refractivity contribution in [1.29, 1.82) is 0 Å². The van der Waals surface area contributed by atoms with Crippen molar-refractivity contribution < 1.29 is 14.3 Å². The number of hydrogen-bond acceptors (Lipinski definition) is 6. The van der Waals surface area contributed by atoms with Gasteiger partial charge in [0.25, 0.3) is 11.5 Å². The van der Waals surface area contributed by atoms with Gasteiger partial charge >= 0.3 is 5.97 Å². The van der Waals surface area contributed by atoms with Gasteiger partial charge in [0, 0.05) is 16.8 Å². The molecule has 3 aromatic rings. The van der Waals surface area contributed by atoms with Gasteiger partial charge in [-0.2, -0.15) is 5.10 Å². The van der Waals surface area contributed by atoms with Crippen LogP contribution in [0.5, 0.6) is 0 Å². The summed E-state index contributed by atoms with van der Waals surface area (Å²) >= 11 is 1.53. The number of esters is 1. The van der Waals surface area contributed by atoms with Gasteiger partial charge in [0.2, 0.25) is 0 Å². The molecule has 3 rings (SSSR count). The van der Waals surface area contributed by atoms with Crippen LogP contribution >= 0.6 is 11.3 Å². The monoisotopic (exact) mass is 371 g/mol. The summed E-state index contributed by atoms with van der Waals surface area (Å²) in [6, 6.07) is 10.5. The van der Waals surface area contributed by atoms with Crippen LogP contribution in [0.25, 0.3) is 10.8 Å². The highest BCUT2D eigenvalue weighted by Gasteiger charge is 2.18. The first kappa shape index (κ1) is 17.8. The molecule has 0 aliphatic rings. The summed E-state index contributed by atoms with van der Waals surface area (Å²) in [6.07, 6.45) is 0. The number of fused-ring (bicyclic) bond motifs is 1. The molecule has 2 heterocycles. The van der Waals surface area contributed by atoms with Gasteiger partial charge in [-0.15, -0.1) is 11.3 Å². The zero-order valence-electron chi connectivity index (χ0n) is 14.1. The Kier molecular flexibility index (Phi) is 5.43. The number of ether oxygens (including phenoxy) is 1. The van der Waals surface area contributed by atoms with Crippen LogP contribution in [0.1, 0.15) is 22.3 Å². The molecule has 0 fully saturated rings. The second-order valence-corrected chi connectivity index (χ2v) is 6.48. The van der Waals surface area contributed by atoms with E-state index in [1.54, 1.807) is 31.2 Å². The Morgan fingerprint density at radius 1 is 1.19 bits per heavy atom. The second kappa shape index (κ2) is 7.92. The van der Waals surface area contributed by atoms with Gasteiger partial charge in [0.1, 0.15) is 0 Å². The topological polar surface area (TPSA) is 90.3 Å². The molecule has 0 aliphatic carbocycles. The summed E-state index contributed by atoms with van der Waals surface area (Å²) in [5.41, 5.74) is -0.249. The Morgan fingerprint density at radius 2 is 1.96 bits per heavy atom. The van der Waals surface area contributed by atoms with E-state index in [9.17, 15) is 14.4 Å². The van der Waals surface area contributed by atoms with E-state index in [1.807, 2.05) is 17.5 Å². The molecule has 0 bridgehead atoms. The molecule has 0 saturated carbocycles. The number of nitrogens with one attached hydrogen (secondary N) is 1. The van der Waals surface area contributed by atoms with E-state index >= 15 is 0 Å². The van der Waals surface area contributed by atoms with Crippen molar-refractivity contribution in [3.05, 3.63) is 62.7 Å². The molecule has 8 heteroatoms. The summed E-state index contributed by atoms with van der Waals surface area (Å²) in [5, 5.41) is 9.48. The third-order valence-electron chi connectivity index (χ3n) is 3.73. The lowest BCUT2D eigenvalue weighted by atomic mass is 10.1. The molecule has 1 aromatic carbocycles. The van der Waals surface area contributed by atoms with Gasteiger partial charge in [0.15, 0.2) is 12.3 Å². The van der Waals surface area contributed by atoms with Gasteiger partial charge < -0.3 is 10.1 Å². The number of hydrogen-bond donors (Lipinski definition) is 1. The number of aryl methyl sites for hydroxylation is 1.